The second-order valence-electron chi connectivity index (χ2n) is 5.32. The Morgan fingerprint density at radius 2 is 2.12 bits per heavy atom. The van der Waals surface area contributed by atoms with Crippen molar-refractivity contribution in [3.05, 3.63) is 0 Å². The van der Waals surface area contributed by atoms with Gasteiger partial charge >= 0.3 is 0 Å². The predicted molar refractivity (Wildman–Crippen MR) is 70.0 cm³/mol. The molecule has 1 unspecified atom stereocenters. The molecular weight excluding hydrogens is 214 g/mol. The summed E-state index contributed by atoms with van der Waals surface area (Å²) in [6, 6.07) is 0.583. The molecular formula is C14H27NO2. The summed E-state index contributed by atoms with van der Waals surface area (Å²) in [6.45, 7) is 6.52. The standard InChI is InChI=1S/C14H27NO2/c1-3-14(4-2,12-17)11-15-9-5-7-13(15)8-6-10-16/h12-13,16H,3-11H2,1-2H3. The SMILES string of the molecule is CCC(C=O)(CC)CN1CCCC1CCCO. The van der Waals surface area contributed by atoms with Gasteiger partial charge < -0.3 is 9.90 Å². The van der Waals surface area contributed by atoms with Crippen molar-refractivity contribution in [2.45, 2.75) is 58.4 Å². The molecule has 3 heteroatoms. The fourth-order valence-electron chi connectivity index (χ4n) is 2.84. The number of hydrogen-bond donors (Lipinski definition) is 1. The van der Waals surface area contributed by atoms with Crippen LogP contribution in [-0.4, -0.2) is 42.0 Å². The van der Waals surface area contributed by atoms with E-state index in [2.05, 4.69) is 18.7 Å². The molecule has 1 aliphatic heterocycles. The molecule has 0 radical (unpaired) electrons. The lowest BCUT2D eigenvalue weighted by atomic mass is 9.83. The Bertz CT molecular complexity index is 226. The fourth-order valence-corrected chi connectivity index (χ4v) is 2.84. The molecule has 0 aromatic carbocycles. The van der Waals surface area contributed by atoms with Crippen molar-refractivity contribution in [3.8, 4) is 0 Å². The van der Waals surface area contributed by atoms with E-state index >= 15 is 0 Å². The van der Waals surface area contributed by atoms with Crippen molar-refractivity contribution in [3.63, 3.8) is 0 Å². The third kappa shape index (κ3) is 3.78. The van der Waals surface area contributed by atoms with Gasteiger partial charge in [-0.15, -0.1) is 0 Å². The van der Waals surface area contributed by atoms with Crippen LogP contribution in [0.2, 0.25) is 0 Å². The van der Waals surface area contributed by atoms with Gasteiger partial charge in [-0.25, -0.2) is 0 Å². The number of aliphatic hydroxyl groups excluding tert-OH is 1. The van der Waals surface area contributed by atoms with Crippen molar-refractivity contribution >= 4 is 6.29 Å². The number of aldehydes is 1. The predicted octanol–water partition coefficient (Wildman–Crippen LogP) is 2.23. The van der Waals surface area contributed by atoms with Gasteiger partial charge in [0.25, 0.3) is 0 Å². The van der Waals surface area contributed by atoms with E-state index in [4.69, 9.17) is 5.11 Å². The number of hydrogen-bond acceptors (Lipinski definition) is 3. The van der Waals surface area contributed by atoms with Gasteiger partial charge in [-0.1, -0.05) is 13.8 Å². The van der Waals surface area contributed by atoms with Gasteiger partial charge in [0.2, 0.25) is 0 Å². The average molecular weight is 241 g/mol. The summed E-state index contributed by atoms with van der Waals surface area (Å²) in [5.41, 5.74) is -0.151. The second-order valence-corrected chi connectivity index (χ2v) is 5.32. The Kier molecular flexibility index (Phi) is 6.14. The topological polar surface area (TPSA) is 40.5 Å². The van der Waals surface area contributed by atoms with Gasteiger partial charge in [0.05, 0.1) is 0 Å². The minimum atomic E-state index is -0.151. The highest BCUT2D eigenvalue weighted by Crippen LogP contribution is 2.30. The van der Waals surface area contributed by atoms with E-state index in [0.29, 0.717) is 6.04 Å². The zero-order valence-electron chi connectivity index (χ0n) is 11.3. The summed E-state index contributed by atoms with van der Waals surface area (Å²) >= 11 is 0. The van der Waals surface area contributed by atoms with Crippen LogP contribution in [0.5, 0.6) is 0 Å². The summed E-state index contributed by atoms with van der Waals surface area (Å²) in [5, 5.41) is 8.91. The summed E-state index contributed by atoms with van der Waals surface area (Å²) < 4.78 is 0. The molecule has 1 heterocycles. The molecule has 3 nitrogen and oxygen atoms in total. The molecule has 0 bridgehead atoms. The molecule has 0 spiro atoms. The normalized spacial score (nSPS) is 21.9. The van der Waals surface area contributed by atoms with Gasteiger partial charge in [-0.2, -0.15) is 0 Å². The van der Waals surface area contributed by atoms with Crippen LogP contribution < -0.4 is 0 Å². The largest absolute Gasteiger partial charge is 0.396 e. The number of likely N-dealkylation sites (tertiary alicyclic amines) is 1. The van der Waals surface area contributed by atoms with E-state index in [9.17, 15) is 4.79 Å². The monoisotopic (exact) mass is 241 g/mol. The van der Waals surface area contributed by atoms with E-state index in [-0.39, 0.29) is 12.0 Å². The maximum Gasteiger partial charge on any atom is 0.127 e. The highest BCUT2D eigenvalue weighted by Gasteiger charge is 2.33. The Morgan fingerprint density at radius 3 is 2.65 bits per heavy atom. The maximum absolute atomic E-state index is 11.3. The minimum absolute atomic E-state index is 0.151. The van der Waals surface area contributed by atoms with Gasteiger partial charge in [0, 0.05) is 24.6 Å². The van der Waals surface area contributed by atoms with Gasteiger partial charge in [0.1, 0.15) is 6.29 Å². The summed E-state index contributed by atoms with van der Waals surface area (Å²) in [4.78, 5) is 13.8. The van der Waals surface area contributed by atoms with Gasteiger partial charge in [0.15, 0.2) is 0 Å². The lowest BCUT2D eigenvalue weighted by Crippen LogP contribution is -2.41. The number of carbonyl (C=O) groups is 1. The molecule has 0 amide bonds. The van der Waals surface area contributed by atoms with Crippen molar-refractivity contribution in [1.82, 2.24) is 4.90 Å². The molecule has 1 saturated heterocycles. The number of aliphatic hydroxyl groups is 1. The summed E-state index contributed by atoms with van der Waals surface area (Å²) in [5.74, 6) is 0. The van der Waals surface area contributed by atoms with Crippen LogP contribution in [0.1, 0.15) is 52.4 Å². The van der Waals surface area contributed by atoms with Crippen molar-refractivity contribution in [2.24, 2.45) is 5.41 Å². The lowest BCUT2D eigenvalue weighted by Gasteiger charge is -2.34. The number of nitrogens with zero attached hydrogens (tertiary/aromatic N) is 1. The van der Waals surface area contributed by atoms with Crippen LogP contribution in [-0.2, 0) is 4.79 Å². The molecule has 0 saturated carbocycles. The highest BCUT2D eigenvalue weighted by molar-refractivity contribution is 5.59. The van der Waals surface area contributed by atoms with Crippen LogP contribution in [0, 0.1) is 5.41 Å². The van der Waals surface area contributed by atoms with Crippen molar-refractivity contribution in [1.29, 1.82) is 0 Å². The molecule has 1 rings (SSSR count). The molecule has 100 valence electrons. The molecule has 0 aromatic heterocycles. The molecule has 1 atom stereocenters. The van der Waals surface area contributed by atoms with E-state index in [0.717, 1.165) is 45.1 Å². The first-order valence-electron chi connectivity index (χ1n) is 7.02. The van der Waals surface area contributed by atoms with E-state index < -0.39 is 0 Å². The quantitative estimate of drug-likeness (QED) is 0.662. The first-order valence-corrected chi connectivity index (χ1v) is 7.02. The second kappa shape index (κ2) is 7.12. The Balaban J connectivity index is 2.55. The van der Waals surface area contributed by atoms with Crippen LogP contribution in [0.3, 0.4) is 0 Å². The zero-order valence-corrected chi connectivity index (χ0v) is 11.3. The summed E-state index contributed by atoms with van der Waals surface area (Å²) in [6.07, 6.45) is 7.42. The molecule has 0 aromatic rings. The van der Waals surface area contributed by atoms with Crippen LogP contribution in [0.25, 0.3) is 0 Å². The first-order chi connectivity index (χ1) is 8.21. The third-order valence-electron chi connectivity index (χ3n) is 4.37. The van der Waals surface area contributed by atoms with Crippen molar-refractivity contribution < 1.29 is 9.90 Å². The van der Waals surface area contributed by atoms with E-state index in [1.54, 1.807) is 0 Å². The zero-order chi connectivity index (χ0) is 12.7. The number of carbonyl (C=O) groups excluding carboxylic acids is 1. The smallest absolute Gasteiger partial charge is 0.127 e. The first kappa shape index (κ1) is 14.7. The van der Waals surface area contributed by atoms with Crippen molar-refractivity contribution in [2.75, 3.05) is 19.7 Å². The Labute approximate surface area is 105 Å². The van der Waals surface area contributed by atoms with E-state index in [1.807, 2.05) is 0 Å². The average Bonchev–Trinajstić information content (AvgIpc) is 2.80. The van der Waals surface area contributed by atoms with Crippen LogP contribution >= 0.6 is 0 Å². The van der Waals surface area contributed by atoms with E-state index in [1.165, 1.54) is 12.8 Å². The van der Waals surface area contributed by atoms with Crippen LogP contribution in [0.15, 0.2) is 0 Å². The van der Waals surface area contributed by atoms with Crippen LogP contribution in [0.4, 0.5) is 0 Å². The maximum atomic E-state index is 11.3. The fraction of sp³-hybridized carbons (Fsp3) is 0.929. The third-order valence-corrected chi connectivity index (χ3v) is 4.37. The molecule has 1 aliphatic rings. The Morgan fingerprint density at radius 1 is 1.41 bits per heavy atom. The number of rotatable bonds is 8. The lowest BCUT2D eigenvalue weighted by molar-refractivity contribution is -0.117. The molecule has 1 fully saturated rings. The molecule has 17 heavy (non-hydrogen) atoms. The Hall–Kier alpha value is -0.410. The molecule has 0 aliphatic carbocycles. The molecule has 1 N–H and O–H groups in total. The van der Waals surface area contributed by atoms with Gasteiger partial charge in [-0.05, 0) is 45.1 Å². The highest BCUT2D eigenvalue weighted by atomic mass is 16.2. The summed E-state index contributed by atoms with van der Waals surface area (Å²) in [7, 11) is 0. The van der Waals surface area contributed by atoms with Gasteiger partial charge in [-0.3, -0.25) is 4.90 Å². The minimum Gasteiger partial charge on any atom is -0.396 e.